The summed E-state index contributed by atoms with van der Waals surface area (Å²) in [7, 11) is 0. The summed E-state index contributed by atoms with van der Waals surface area (Å²) in [6.07, 6.45) is 3.02. The van der Waals surface area contributed by atoms with Gasteiger partial charge in [0.05, 0.1) is 17.6 Å². The number of unbranched alkanes of at least 4 members (excludes halogenated alkanes) is 1. The molecule has 0 saturated heterocycles. The van der Waals surface area contributed by atoms with Gasteiger partial charge in [0.15, 0.2) is 6.61 Å². The quantitative estimate of drug-likeness (QED) is 0.517. The fourth-order valence-electron chi connectivity index (χ4n) is 3.93. The van der Waals surface area contributed by atoms with Gasteiger partial charge in [-0.3, -0.25) is 15.0 Å². The lowest BCUT2D eigenvalue weighted by molar-refractivity contribution is -0.119. The molecule has 2 aromatic heterocycles. The van der Waals surface area contributed by atoms with Gasteiger partial charge in [-0.25, -0.2) is 9.66 Å². The number of hydrogen-bond acceptors (Lipinski definition) is 6. The molecule has 0 unspecified atom stereocenters. The number of benzene rings is 1. The number of carbonyl (C=O) groups excluding carboxylic acids is 1. The number of ether oxygens (including phenoxy) is 2. The van der Waals surface area contributed by atoms with Crippen molar-refractivity contribution in [1.82, 2.24) is 9.66 Å². The molecule has 33 heavy (non-hydrogen) atoms. The van der Waals surface area contributed by atoms with Crippen LogP contribution in [0.3, 0.4) is 0 Å². The second-order valence-corrected chi connectivity index (χ2v) is 10.4. The predicted molar refractivity (Wildman–Crippen MR) is 131 cm³/mol. The molecule has 0 atom stereocenters. The normalized spacial score (nSPS) is 14.8. The number of thiophene rings is 1. The van der Waals surface area contributed by atoms with Crippen molar-refractivity contribution in [3.8, 4) is 5.75 Å². The Morgan fingerprint density at radius 3 is 2.91 bits per heavy atom. The summed E-state index contributed by atoms with van der Waals surface area (Å²) >= 11 is 7.49. The van der Waals surface area contributed by atoms with E-state index in [9.17, 15) is 9.59 Å². The number of aryl methyl sites for hydroxylation is 2. The first-order chi connectivity index (χ1) is 15.7. The first kappa shape index (κ1) is 23.7. The van der Waals surface area contributed by atoms with Crippen LogP contribution < -0.4 is 15.7 Å². The number of nitrogens with one attached hydrogen (secondary N) is 1. The Bertz CT molecular complexity index is 1260. The van der Waals surface area contributed by atoms with Crippen molar-refractivity contribution in [2.45, 2.75) is 65.6 Å². The van der Waals surface area contributed by atoms with Crippen LogP contribution in [0.2, 0.25) is 5.02 Å². The number of fused-ring (bicyclic) bond motifs is 3. The average Bonchev–Trinajstić information content (AvgIpc) is 3.10. The number of hydrogen-bond donors (Lipinski definition) is 1. The molecule has 0 spiro atoms. The van der Waals surface area contributed by atoms with E-state index in [0.717, 1.165) is 28.8 Å². The Kier molecular flexibility index (Phi) is 6.79. The van der Waals surface area contributed by atoms with Gasteiger partial charge in [-0.2, -0.15) is 0 Å². The summed E-state index contributed by atoms with van der Waals surface area (Å²) in [5.41, 5.74) is 3.92. The summed E-state index contributed by atoms with van der Waals surface area (Å²) in [5.74, 6) is 0.679. The highest BCUT2D eigenvalue weighted by molar-refractivity contribution is 7.18. The number of aromatic nitrogens is 2. The van der Waals surface area contributed by atoms with Gasteiger partial charge in [-0.1, -0.05) is 24.9 Å². The predicted octanol–water partition coefficient (Wildman–Crippen LogP) is 4.76. The van der Waals surface area contributed by atoms with Crippen molar-refractivity contribution in [3.05, 3.63) is 55.4 Å². The number of nitrogens with zero attached hydrogens (tertiary/aromatic N) is 2. The molecule has 9 heteroatoms. The minimum atomic E-state index is -0.432. The van der Waals surface area contributed by atoms with Crippen LogP contribution in [0.1, 0.15) is 55.4 Å². The summed E-state index contributed by atoms with van der Waals surface area (Å²) in [5, 5.41) is 1.17. The van der Waals surface area contributed by atoms with Gasteiger partial charge in [0, 0.05) is 22.7 Å². The van der Waals surface area contributed by atoms with E-state index in [1.807, 2.05) is 20.8 Å². The van der Waals surface area contributed by atoms with Gasteiger partial charge in [0.1, 0.15) is 16.4 Å². The molecular weight excluding hydrogens is 462 g/mol. The van der Waals surface area contributed by atoms with E-state index >= 15 is 0 Å². The lowest BCUT2D eigenvalue weighted by Crippen LogP contribution is -2.39. The molecular formula is C24H28ClN3O4S. The smallest absolute Gasteiger partial charge is 0.281 e. The summed E-state index contributed by atoms with van der Waals surface area (Å²) in [4.78, 5) is 32.8. The van der Waals surface area contributed by atoms with Crippen molar-refractivity contribution >= 4 is 39.1 Å². The second kappa shape index (κ2) is 9.44. The minimum Gasteiger partial charge on any atom is -0.483 e. The van der Waals surface area contributed by atoms with Gasteiger partial charge in [-0.05, 0) is 56.5 Å². The van der Waals surface area contributed by atoms with Gasteiger partial charge in [-0.15, -0.1) is 11.3 Å². The van der Waals surface area contributed by atoms with E-state index in [0.29, 0.717) is 46.3 Å². The minimum absolute atomic E-state index is 0.233. The standard InChI is InChI=1S/C24H28ClN3O4S/c1-5-6-7-19-26-22-21(16-11-24(3,4)32-12-18(16)33-22)23(30)28(19)27-20(29)13-31-17-9-8-15(25)10-14(17)2/h8-10H,5-7,11-13H2,1-4H3,(H,27,29). The third-order valence-electron chi connectivity index (χ3n) is 5.66. The molecule has 1 N–H and O–H groups in total. The van der Waals surface area contributed by atoms with E-state index in [4.69, 9.17) is 26.1 Å². The summed E-state index contributed by atoms with van der Waals surface area (Å²) in [6, 6.07) is 5.20. The highest BCUT2D eigenvalue weighted by Crippen LogP contribution is 2.37. The molecule has 0 fully saturated rings. The van der Waals surface area contributed by atoms with Crippen LogP contribution in [0.25, 0.3) is 10.2 Å². The monoisotopic (exact) mass is 489 g/mol. The van der Waals surface area contributed by atoms with Gasteiger partial charge < -0.3 is 9.47 Å². The zero-order valence-electron chi connectivity index (χ0n) is 19.3. The second-order valence-electron chi connectivity index (χ2n) is 8.91. The van der Waals surface area contributed by atoms with Crippen molar-refractivity contribution in [2.75, 3.05) is 12.0 Å². The average molecular weight is 490 g/mol. The SMILES string of the molecule is CCCCc1nc2sc3c(c2c(=O)n1NC(=O)COc1ccc(Cl)cc1C)CC(C)(C)OC3. The summed E-state index contributed by atoms with van der Waals surface area (Å²) < 4.78 is 12.9. The first-order valence-electron chi connectivity index (χ1n) is 11.1. The maximum atomic E-state index is 13.6. The van der Waals surface area contributed by atoms with Crippen LogP contribution >= 0.6 is 22.9 Å². The van der Waals surface area contributed by atoms with Crippen molar-refractivity contribution in [2.24, 2.45) is 0 Å². The zero-order chi connectivity index (χ0) is 23.8. The van der Waals surface area contributed by atoms with Crippen LogP contribution in [-0.4, -0.2) is 27.8 Å². The highest BCUT2D eigenvalue weighted by Gasteiger charge is 2.31. The third-order valence-corrected chi connectivity index (χ3v) is 6.99. The van der Waals surface area contributed by atoms with Crippen LogP contribution in [0.15, 0.2) is 23.0 Å². The highest BCUT2D eigenvalue weighted by atomic mass is 35.5. The molecule has 1 amide bonds. The lowest BCUT2D eigenvalue weighted by Gasteiger charge is -2.29. The molecule has 0 aliphatic carbocycles. The van der Waals surface area contributed by atoms with Crippen LogP contribution in [0.5, 0.6) is 5.75 Å². The lowest BCUT2D eigenvalue weighted by atomic mass is 9.94. The molecule has 0 radical (unpaired) electrons. The summed E-state index contributed by atoms with van der Waals surface area (Å²) in [6.45, 7) is 8.19. The molecule has 7 nitrogen and oxygen atoms in total. The van der Waals surface area contributed by atoms with Crippen molar-refractivity contribution in [3.63, 3.8) is 0 Å². The van der Waals surface area contributed by atoms with E-state index in [-0.39, 0.29) is 17.8 Å². The Balaban J connectivity index is 1.65. The Morgan fingerprint density at radius 2 is 2.18 bits per heavy atom. The maximum absolute atomic E-state index is 13.6. The molecule has 3 heterocycles. The van der Waals surface area contributed by atoms with Gasteiger partial charge in [0.25, 0.3) is 11.5 Å². The molecule has 3 aromatic rings. The number of carbonyl (C=O) groups is 1. The Morgan fingerprint density at radius 1 is 1.39 bits per heavy atom. The zero-order valence-corrected chi connectivity index (χ0v) is 20.9. The maximum Gasteiger partial charge on any atom is 0.281 e. The molecule has 176 valence electrons. The topological polar surface area (TPSA) is 82.5 Å². The van der Waals surface area contributed by atoms with Gasteiger partial charge >= 0.3 is 0 Å². The molecule has 0 bridgehead atoms. The Labute approximate surface area is 201 Å². The largest absolute Gasteiger partial charge is 0.483 e. The third kappa shape index (κ3) is 5.08. The molecule has 1 aliphatic heterocycles. The van der Waals surface area contributed by atoms with E-state index < -0.39 is 5.91 Å². The van der Waals surface area contributed by atoms with Gasteiger partial charge in [0.2, 0.25) is 0 Å². The van der Waals surface area contributed by atoms with Crippen molar-refractivity contribution < 1.29 is 14.3 Å². The molecule has 4 rings (SSSR count). The number of rotatable bonds is 7. The Hall–Kier alpha value is -2.42. The van der Waals surface area contributed by atoms with Crippen LogP contribution in [0, 0.1) is 6.92 Å². The molecule has 0 saturated carbocycles. The van der Waals surface area contributed by atoms with Crippen LogP contribution in [-0.2, 0) is 29.0 Å². The number of amides is 1. The van der Waals surface area contributed by atoms with E-state index in [2.05, 4.69) is 12.3 Å². The van der Waals surface area contributed by atoms with E-state index in [1.54, 1.807) is 18.2 Å². The molecule has 1 aliphatic rings. The number of halogens is 1. The first-order valence-corrected chi connectivity index (χ1v) is 12.3. The fraction of sp³-hybridized carbons (Fsp3) is 0.458. The molecule has 1 aromatic carbocycles. The van der Waals surface area contributed by atoms with E-state index in [1.165, 1.54) is 16.0 Å². The fourth-order valence-corrected chi connectivity index (χ4v) is 5.27. The van der Waals surface area contributed by atoms with Crippen LogP contribution in [0.4, 0.5) is 0 Å². The van der Waals surface area contributed by atoms with Crippen molar-refractivity contribution in [1.29, 1.82) is 0 Å².